The highest BCUT2D eigenvalue weighted by Gasteiger charge is 1.99. The molecule has 15 heavy (non-hydrogen) atoms. The lowest BCUT2D eigenvalue weighted by atomic mass is 10.1. The SMILES string of the molecule is CCSCCCNc1c(C)cccc1C. The van der Waals surface area contributed by atoms with Crippen LogP contribution in [0.3, 0.4) is 0 Å². The smallest absolute Gasteiger partial charge is 0.0399 e. The van der Waals surface area contributed by atoms with Crippen molar-refractivity contribution >= 4 is 17.4 Å². The van der Waals surface area contributed by atoms with Crippen LogP contribution in [0.1, 0.15) is 24.5 Å². The summed E-state index contributed by atoms with van der Waals surface area (Å²) in [6, 6.07) is 6.44. The minimum Gasteiger partial charge on any atom is -0.385 e. The van der Waals surface area contributed by atoms with Gasteiger partial charge in [-0.2, -0.15) is 11.8 Å². The molecule has 84 valence electrons. The van der Waals surface area contributed by atoms with Crippen molar-refractivity contribution in [2.45, 2.75) is 27.2 Å². The van der Waals surface area contributed by atoms with Gasteiger partial charge in [-0.25, -0.2) is 0 Å². The van der Waals surface area contributed by atoms with Gasteiger partial charge in [0.2, 0.25) is 0 Å². The maximum absolute atomic E-state index is 3.53. The molecule has 0 fully saturated rings. The molecule has 2 heteroatoms. The van der Waals surface area contributed by atoms with E-state index in [4.69, 9.17) is 0 Å². The number of nitrogens with one attached hydrogen (secondary N) is 1. The van der Waals surface area contributed by atoms with Gasteiger partial charge in [-0.05, 0) is 42.9 Å². The van der Waals surface area contributed by atoms with Crippen LogP contribution in [-0.2, 0) is 0 Å². The molecule has 1 nitrogen and oxygen atoms in total. The number of rotatable bonds is 6. The Labute approximate surface area is 97.7 Å². The Bertz CT molecular complexity index is 276. The van der Waals surface area contributed by atoms with E-state index in [1.165, 1.54) is 34.7 Å². The quantitative estimate of drug-likeness (QED) is 0.735. The average Bonchev–Trinajstić information content (AvgIpc) is 2.21. The molecule has 1 aromatic carbocycles. The molecule has 0 aliphatic heterocycles. The maximum atomic E-state index is 3.53. The zero-order valence-corrected chi connectivity index (χ0v) is 10.8. The average molecular weight is 223 g/mol. The molecule has 1 N–H and O–H groups in total. The monoisotopic (exact) mass is 223 g/mol. The van der Waals surface area contributed by atoms with Gasteiger partial charge in [0, 0.05) is 12.2 Å². The summed E-state index contributed by atoms with van der Waals surface area (Å²) in [6.45, 7) is 7.62. The summed E-state index contributed by atoms with van der Waals surface area (Å²) in [5.74, 6) is 2.48. The van der Waals surface area contributed by atoms with E-state index in [9.17, 15) is 0 Å². The van der Waals surface area contributed by atoms with Crippen LogP contribution in [0.15, 0.2) is 18.2 Å². The highest BCUT2D eigenvalue weighted by Crippen LogP contribution is 2.19. The zero-order valence-electron chi connectivity index (χ0n) is 9.97. The van der Waals surface area contributed by atoms with Crippen molar-refractivity contribution in [3.8, 4) is 0 Å². The Morgan fingerprint density at radius 3 is 2.47 bits per heavy atom. The normalized spacial score (nSPS) is 10.3. The van der Waals surface area contributed by atoms with E-state index in [1.54, 1.807) is 0 Å². The Kier molecular flexibility index (Phi) is 5.62. The Balaban J connectivity index is 2.37. The van der Waals surface area contributed by atoms with E-state index in [0.717, 1.165) is 6.54 Å². The molecule has 0 aromatic heterocycles. The topological polar surface area (TPSA) is 12.0 Å². The van der Waals surface area contributed by atoms with Crippen LogP contribution in [0.2, 0.25) is 0 Å². The summed E-state index contributed by atoms with van der Waals surface area (Å²) in [7, 11) is 0. The molecule has 0 saturated heterocycles. The third-order valence-corrected chi connectivity index (χ3v) is 3.44. The fourth-order valence-corrected chi connectivity index (χ4v) is 2.26. The molecule has 0 spiro atoms. The van der Waals surface area contributed by atoms with E-state index in [0.29, 0.717) is 0 Å². The molecule has 1 rings (SSSR count). The fraction of sp³-hybridized carbons (Fsp3) is 0.538. The van der Waals surface area contributed by atoms with Gasteiger partial charge in [-0.15, -0.1) is 0 Å². The lowest BCUT2D eigenvalue weighted by Crippen LogP contribution is -2.05. The van der Waals surface area contributed by atoms with Crippen molar-refractivity contribution in [3.63, 3.8) is 0 Å². The number of hydrogen-bond donors (Lipinski definition) is 1. The Hall–Kier alpha value is -0.630. The lowest BCUT2D eigenvalue weighted by molar-refractivity contribution is 0.986. The number of aryl methyl sites for hydroxylation is 2. The zero-order chi connectivity index (χ0) is 11.1. The van der Waals surface area contributed by atoms with Crippen LogP contribution >= 0.6 is 11.8 Å². The number of benzene rings is 1. The maximum Gasteiger partial charge on any atom is 0.0399 e. The summed E-state index contributed by atoms with van der Waals surface area (Å²) in [6.07, 6.45) is 1.24. The van der Waals surface area contributed by atoms with Crippen molar-refractivity contribution in [2.75, 3.05) is 23.4 Å². The number of anilines is 1. The third kappa shape index (κ3) is 4.17. The molecule has 0 radical (unpaired) electrons. The second-order valence-corrected chi connectivity index (χ2v) is 5.14. The Morgan fingerprint density at radius 1 is 1.20 bits per heavy atom. The number of para-hydroxylation sites is 1. The molecular weight excluding hydrogens is 202 g/mol. The first-order chi connectivity index (χ1) is 7.25. The van der Waals surface area contributed by atoms with Crippen LogP contribution in [0, 0.1) is 13.8 Å². The van der Waals surface area contributed by atoms with Gasteiger partial charge in [-0.1, -0.05) is 25.1 Å². The van der Waals surface area contributed by atoms with Crippen molar-refractivity contribution in [1.82, 2.24) is 0 Å². The molecule has 0 saturated carbocycles. The van der Waals surface area contributed by atoms with Crippen molar-refractivity contribution < 1.29 is 0 Å². The second-order valence-electron chi connectivity index (χ2n) is 3.74. The van der Waals surface area contributed by atoms with E-state index in [2.05, 4.69) is 44.3 Å². The molecule has 0 bridgehead atoms. The molecule has 1 aromatic rings. The summed E-state index contributed by atoms with van der Waals surface area (Å²) in [4.78, 5) is 0. The summed E-state index contributed by atoms with van der Waals surface area (Å²) in [5.41, 5.74) is 4.01. The van der Waals surface area contributed by atoms with E-state index < -0.39 is 0 Å². The number of hydrogen-bond acceptors (Lipinski definition) is 2. The van der Waals surface area contributed by atoms with Gasteiger partial charge in [0.1, 0.15) is 0 Å². The van der Waals surface area contributed by atoms with E-state index in [-0.39, 0.29) is 0 Å². The summed E-state index contributed by atoms with van der Waals surface area (Å²) < 4.78 is 0. The van der Waals surface area contributed by atoms with Gasteiger partial charge in [0.15, 0.2) is 0 Å². The molecule has 0 heterocycles. The molecule has 0 amide bonds. The van der Waals surface area contributed by atoms with Crippen molar-refractivity contribution in [1.29, 1.82) is 0 Å². The van der Waals surface area contributed by atoms with Gasteiger partial charge in [-0.3, -0.25) is 0 Å². The second kappa shape index (κ2) is 6.78. The summed E-state index contributed by atoms with van der Waals surface area (Å²) >= 11 is 2.01. The van der Waals surface area contributed by atoms with Crippen molar-refractivity contribution in [2.24, 2.45) is 0 Å². The van der Waals surface area contributed by atoms with Gasteiger partial charge in [0.25, 0.3) is 0 Å². The molecular formula is C13H21NS. The largest absolute Gasteiger partial charge is 0.385 e. The Morgan fingerprint density at radius 2 is 1.87 bits per heavy atom. The highest BCUT2D eigenvalue weighted by molar-refractivity contribution is 7.99. The van der Waals surface area contributed by atoms with E-state index in [1.807, 2.05) is 11.8 Å². The minimum atomic E-state index is 1.08. The lowest BCUT2D eigenvalue weighted by Gasteiger charge is -2.12. The van der Waals surface area contributed by atoms with Crippen LogP contribution in [0.25, 0.3) is 0 Å². The van der Waals surface area contributed by atoms with Gasteiger partial charge < -0.3 is 5.32 Å². The minimum absolute atomic E-state index is 1.08. The summed E-state index contributed by atoms with van der Waals surface area (Å²) in [5, 5.41) is 3.53. The van der Waals surface area contributed by atoms with Crippen LogP contribution in [0.4, 0.5) is 5.69 Å². The molecule has 0 aliphatic carbocycles. The first kappa shape index (κ1) is 12.4. The number of thioether (sulfide) groups is 1. The van der Waals surface area contributed by atoms with Gasteiger partial charge in [0.05, 0.1) is 0 Å². The van der Waals surface area contributed by atoms with Gasteiger partial charge >= 0.3 is 0 Å². The van der Waals surface area contributed by atoms with Crippen LogP contribution in [0.5, 0.6) is 0 Å². The predicted molar refractivity (Wildman–Crippen MR) is 72.0 cm³/mol. The van der Waals surface area contributed by atoms with E-state index >= 15 is 0 Å². The highest BCUT2D eigenvalue weighted by atomic mass is 32.2. The van der Waals surface area contributed by atoms with Crippen molar-refractivity contribution in [3.05, 3.63) is 29.3 Å². The fourth-order valence-electron chi connectivity index (χ4n) is 1.63. The standard InChI is InChI=1S/C13H21NS/c1-4-15-10-6-9-14-13-11(2)7-5-8-12(13)3/h5,7-8,14H,4,6,9-10H2,1-3H3. The third-order valence-electron chi connectivity index (χ3n) is 2.45. The molecule has 0 aliphatic rings. The molecule has 0 atom stereocenters. The molecule has 0 unspecified atom stereocenters. The first-order valence-electron chi connectivity index (χ1n) is 5.63. The van der Waals surface area contributed by atoms with Crippen LogP contribution in [-0.4, -0.2) is 18.1 Å². The predicted octanol–water partition coefficient (Wildman–Crippen LogP) is 3.86. The first-order valence-corrected chi connectivity index (χ1v) is 6.79. The van der Waals surface area contributed by atoms with Crippen LogP contribution < -0.4 is 5.32 Å².